The zero-order valence-corrected chi connectivity index (χ0v) is 16.0. The molecule has 0 saturated heterocycles. The van der Waals surface area contributed by atoms with Crippen molar-refractivity contribution in [1.82, 2.24) is 0 Å². The van der Waals surface area contributed by atoms with E-state index in [0.29, 0.717) is 5.92 Å². The molecule has 2 unspecified atom stereocenters. The van der Waals surface area contributed by atoms with Crippen LogP contribution in [0.1, 0.15) is 6.92 Å². The van der Waals surface area contributed by atoms with Gasteiger partial charge >= 0.3 is 0 Å². The van der Waals surface area contributed by atoms with Crippen molar-refractivity contribution in [2.45, 2.75) is 6.92 Å². The predicted molar refractivity (Wildman–Crippen MR) is 120 cm³/mol. The Morgan fingerprint density at radius 3 is 2.39 bits per heavy atom. The van der Waals surface area contributed by atoms with Crippen LogP contribution in [0, 0.1) is 11.3 Å². The van der Waals surface area contributed by atoms with Crippen molar-refractivity contribution in [2.24, 2.45) is 11.3 Å². The largest absolute Gasteiger partial charge is 0.313 e. The number of hydrogen-bond acceptors (Lipinski definition) is 1. The Balaban J connectivity index is 1.77. The SMILES string of the molecule is CC12C=CC=CC1C=CC=C2N(c1ccccc1)c1cccc2ccccc12. The van der Waals surface area contributed by atoms with Crippen LogP contribution in [0.4, 0.5) is 11.4 Å². The van der Waals surface area contributed by atoms with Crippen molar-refractivity contribution >= 4 is 22.1 Å². The van der Waals surface area contributed by atoms with E-state index >= 15 is 0 Å². The van der Waals surface area contributed by atoms with E-state index < -0.39 is 0 Å². The molecule has 0 amide bonds. The van der Waals surface area contributed by atoms with E-state index in [0.717, 1.165) is 0 Å². The van der Waals surface area contributed by atoms with Gasteiger partial charge in [-0.1, -0.05) is 91.1 Å². The number of fused-ring (bicyclic) bond motifs is 2. The van der Waals surface area contributed by atoms with E-state index in [4.69, 9.17) is 0 Å². The molecule has 0 aromatic heterocycles. The van der Waals surface area contributed by atoms with Gasteiger partial charge in [-0.3, -0.25) is 0 Å². The molecule has 28 heavy (non-hydrogen) atoms. The maximum atomic E-state index is 2.43. The highest BCUT2D eigenvalue weighted by Gasteiger charge is 2.39. The number of anilines is 2. The fraction of sp³-hybridized carbons (Fsp3) is 0.111. The summed E-state index contributed by atoms with van der Waals surface area (Å²) in [6, 6.07) is 25.9. The van der Waals surface area contributed by atoms with Crippen LogP contribution < -0.4 is 4.90 Å². The van der Waals surface area contributed by atoms with E-state index in [1.165, 1.54) is 27.8 Å². The Bertz CT molecular complexity index is 1130. The first kappa shape index (κ1) is 16.8. The zero-order chi connectivity index (χ0) is 19.0. The fourth-order valence-electron chi connectivity index (χ4n) is 4.42. The summed E-state index contributed by atoms with van der Waals surface area (Å²) >= 11 is 0. The summed E-state index contributed by atoms with van der Waals surface area (Å²) in [5, 5.41) is 2.52. The molecule has 1 nitrogen and oxygen atoms in total. The average Bonchev–Trinajstić information content (AvgIpc) is 2.75. The molecule has 0 bridgehead atoms. The highest BCUT2D eigenvalue weighted by molar-refractivity contribution is 5.97. The van der Waals surface area contributed by atoms with Gasteiger partial charge in [-0.2, -0.15) is 0 Å². The highest BCUT2D eigenvalue weighted by atomic mass is 15.2. The molecule has 3 aromatic carbocycles. The van der Waals surface area contributed by atoms with Crippen molar-refractivity contribution in [3.8, 4) is 0 Å². The van der Waals surface area contributed by atoms with Gasteiger partial charge in [0.15, 0.2) is 0 Å². The summed E-state index contributed by atoms with van der Waals surface area (Å²) < 4.78 is 0. The van der Waals surface area contributed by atoms with Crippen LogP contribution >= 0.6 is 0 Å². The van der Waals surface area contributed by atoms with Gasteiger partial charge in [-0.25, -0.2) is 0 Å². The first-order valence-electron chi connectivity index (χ1n) is 9.85. The quantitative estimate of drug-likeness (QED) is 0.477. The van der Waals surface area contributed by atoms with Gasteiger partial charge in [0, 0.05) is 28.1 Å². The van der Waals surface area contributed by atoms with Gasteiger partial charge in [0.1, 0.15) is 0 Å². The van der Waals surface area contributed by atoms with Gasteiger partial charge in [0.05, 0.1) is 5.69 Å². The van der Waals surface area contributed by atoms with E-state index in [-0.39, 0.29) is 5.41 Å². The van der Waals surface area contributed by atoms with Crippen LogP contribution in [0.3, 0.4) is 0 Å². The van der Waals surface area contributed by atoms with Gasteiger partial charge in [0.2, 0.25) is 0 Å². The standard InChI is InChI=1S/C27H23N/c1-27-20-8-7-13-22(27)14-10-19-26(27)28(23-15-3-2-4-16-23)25-18-9-12-21-11-5-6-17-24(21)25/h2-20,22H,1H3. The van der Waals surface area contributed by atoms with Crippen LogP contribution in [0.25, 0.3) is 10.8 Å². The fourth-order valence-corrected chi connectivity index (χ4v) is 4.42. The molecule has 2 aliphatic carbocycles. The summed E-state index contributed by atoms with van der Waals surface area (Å²) in [7, 11) is 0. The van der Waals surface area contributed by atoms with Crippen LogP contribution in [-0.2, 0) is 0 Å². The number of benzene rings is 3. The third kappa shape index (κ3) is 2.63. The molecule has 3 aromatic rings. The number of para-hydroxylation sites is 1. The minimum Gasteiger partial charge on any atom is -0.313 e. The Labute approximate surface area is 166 Å². The monoisotopic (exact) mass is 361 g/mol. The molecule has 5 rings (SSSR count). The summed E-state index contributed by atoms with van der Waals surface area (Å²) in [6.45, 7) is 2.34. The normalized spacial score (nSPS) is 22.8. The first-order chi connectivity index (χ1) is 13.8. The molecule has 0 spiro atoms. The molecule has 136 valence electrons. The molecule has 1 heteroatoms. The van der Waals surface area contributed by atoms with Crippen molar-refractivity contribution in [3.63, 3.8) is 0 Å². The summed E-state index contributed by atoms with van der Waals surface area (Å²) in [6.07, 6.45) is 15.8. The third-order valence-corrected chi connectivity index (χ3v) is 5.95. The second-order valence-electron chi connectivity index (χ2n) is 7.66. The van der Waals surface area contributed by atoms with Crippen molar-refractivity contribution < 1.29 is 0 Å². The van der Waals surface area contributed by atoms with Crippen molar-refractivity contribution in [2.75, 3.05) is 4.90 Å². The molecular formula is C27H23N. The van der Waals surface area contributed by atoms with E-state index in [9.17, 15) is 0 Å². The average molecular weight is 361 g/mol. The topological polar surface area (TPSA) is 3.24 Å². The number of nitrogens with zero attached hydrogens (tertiary/aromatic N) is 1. The van der Waals surface area contributed by atoms with Crippen LogP contribution in [0.2, 0.25) is 0 Å². The van der Waals surface area contributed by atoms with Crippen LogP contribution in [-0.4, -0.2) is 0 Å². The summed E-state index contributed by atoms with van der Waals surface area (Å²) in [4.78, 5) is 2.43. The molecule has 0 fully saturated rings. The smallest absolute Gasteiger partial charge is 0.0537 e. The zero-order valence-electron chi connectivity index (χ0n) is 16.0. The first-order valence-corrected chi connectivity index (χ1v) is 9.85. The second-order valence-corrected chi connectivity index (χ2v) is 7.66. The Hall–Kier alpha value is -3.32. The molecule has 0 aliphatic heterocycles. The highest BCUT2D eigenvalue weighted by Crippen LogP contribution is 2.49. The number of allylic oxidation sites excluding steroid dienone is 7. The molecular weight excluding hydrogens is 338 g/mol. The number of hydrogen-bond donors (Lipinski definition) is 0. The predicted octanol–water partition coefficient (Wildman–Crippen LogP) is 7.18. The molecule has 0 heterocycles. The maximum Gasteiger partial charge on any atom is 0.0537 e. The van der Waals surface area contributed by atoms with Crippen LogP contribution in [0.5, 0.6) is 0 Å². The van der Waals surface area contributed by atoms with Gasteiger partial charge in [-0.15, -0.1) is 0 Å². The lowest BCUT2D eigenvalue weighted by Gasteiger charge is -2.44. The molecule has 2 aliphatic rings. The van der Waals surface area contributed by atoms with E-state index in [1.807, 2.05) is 0 Å². The Morgan fingerprint density at radius 2 is 1.50 bits per heavy atom. The van der Waals surface area contributed by atoms with Gasteiger partial charge < -0.3 is 4.90 Å². The Kier molecular flexibility index (Phi) is 4.02. The van der Waals surface area contributed by atoms with Gasteiger partial charge in [0.25, 0.3) is 0 Å². The van der Waals surface area contributed by atoms with Crippen molar-refractivity contribution in [3.05, 3.63) is 121 Å². The molecule has 0 N–H and O–H groups in total. The van der Waals surface area contributed by atoms with E-state index in [2.05, 4.69) is 127 Å². The molecule has 0 saturated carbocycles. The number of rotatable bonds is 3. The third-order valence-electron chi connectivity index (χ3n) is 5.95. The molecule has 0 radical (unpaired) electrons. The van der Waals surface area contributed by atoms with Crippen LogP contribution in [0.15, 0.2) is 121 Å². The van der Waals surface area contributed by atoms with Gasteiger partial charge in [-0.05, 0) is 36.6 Å². The maximum absolute atomic E-state index is 2.43. The lowest BCUT2D eigenvalue weighted by atomic mass is 9.69. The molecule has 2 atom stereocenters. The lowest BCUT2D eigenvalue weighted by molar-refractivity contribution is 0.415. The summed E-state index contributed by atoms with van der Waals surface area (Å²) in [5.74, 6) is 0.360. The summed E-state index contributed by atoms with van der Waals surface area (Å²) in [5.41, 5.74) is 3.61. The minimum absolute atomic E-state index is 0.0870. The van der Waals surface area contributed by atoms with E-state index in [1.54, 1.807) is 0 Å². The second kappa shape index (κ2) is 6.69. The minimum atomic E-state index is -0.0870. The van der Waals surface area contributed by atoms with Crippen molar-refractivity contribution in [1.29, 1.82) is 0 Å². The Morgan fingerprint density at radius 1 is 0.750 bits per heavy atom. The lowest BCUT2D eigenvalue weighted by Crippen LogP contribution is -2.36.